The predicted octanol–water partition coefficient (Wildman–Crippen LogP) is 19.7. The summed E-state index contributed by atoms with van der Waals surface area (Å²) < 4.78 is 12.1. The number of para-hydroxylation sites is 4. The molecule has 0 fully saturated rings. The first-order valence-corrected chi connectivity index (χ1v) is 30.4. The van der Waals surface area contributed by atoms with Gasteiger partial charge in [-0.1, -0.05) is 117 Å². The first-order chi connectivity index (χ1) is 42.9. The molecule has 0 saturated heterocycles. The second-order valence-corrected chi connectivity index (χ2v) is 23.9. The summed E-state index contributed by atoms with van der Waals surface area (Å²) in [5.74, 6) is 0.205. The quantitative estimate of drug-likeness (QED) is 0.145. The van der Waals surface area contributed by atoms with Crippen molar-refractivity contribution in [1.82, 2.24) is 32.8 Å². The van der Waals surface area contributed by atoms with E-state index in [1.54, 1.807) is 0 Å². The highest BCUT2D eigenvalue weighted by molar-refractivity contribution is 6.13. The fraction of sp³-hybridized carbons (Fsp3) is 0.0886. The van der Waals surface area contributed by atoms with Gasteiger partial charge in [0.1, 0.15) is 0 Å². The van der Waals surface area contributed by atoms with Crippen molar-refractivity contribution in [2.45, 2.75) is 39.7 Å². The standard InChI is InChI=1S/C79H58N8/c1-4-14-51-25-28-74-65(39-51)67-46-57(85-72-23-11-7-18-62(72)63-19-8-12-24-73(63)85)26-29-75(67)86(74)58-40-54(55-42-77(82-37-33-52-47-80-35-31-68(52)82)50(3)78(43-55)83-38-34-53-48-81-36-32-69(53)83)41-59(44-58)87-76-30-27-56(45-66(76)64-20-13-15-49(2)79(64)87)84-70-21-9-5-16-60(70)61-17-6-10-22-71(61)84/h5-13,15-49,79H,4,14H2,1-3H3. The van der Waals surface area contributed by atoms with Crippen molar-refractivity contribution in [3.05, 3.63) is 278 Å². The van der Waals surface area contributed by atoms with Gasteiger partial charge in [0.2, 0.25) is 0 Å². The Bertz CT molecular complexity index is 5410. The van der Waals surface area contributed by atoms with Gasteiger partial charge in [-0.2, -0.15) is 0 Å². The molecule has 2 atom stereocenters. The fourth-order valence-corrected chi connectivity index (χ4v) is 15.1. The van der Waals surface area contributed by atoms with Crippen LogP contribution in [0.4, 0.5) is 11.4 Å². The summed E-state index contributed by atoms with van der Waals surface area (Å²) >= 11 is 0. The third-order valence-corrected chi connectivity index (χ3v) is 19.0. The smallest absolute Gasteiger partial charge is 0.0658 e. The molecule has 9 aromatic carbocycles. The Balaban J connectivity index is 0.911. The molecule has 16 aromatic rings. The van der Waals surface area contributed by atoms with E-state index in [0.717, 1.165) is 91.0 Å². The highest BCUT2D eigenvalue weighted by Crippen LogP contribution is 2.52. The molecule has 7 aromatic heterocycles. The minimum atomic E-state index is 0.0360. The van der Waals surface area contributed by atoms with E-state index >= 15 is 0 Å². The van der Waals surface area contributed by atoms with Crippen molar-refractivity contribution in [2.24, 2.45) is 5.92 Å². The van der Waals surface area contributed by atoms with Crippen LogP contribution in [0.2, 0.25) is 0 Å². The molecule has 0 N–H and O–H groups in total. The predicted molar refractivity (Wildman–Crippen MR) is 362 cm³/mol. The zero-order valence-electron chi connectivity index (χ0n) is 48.5. The van der Waals surface area contributed by atoms with E-state index in [1.165, 1.54) is 82.3 Å². The van der Waals surface area contributed by atoms with Gasteiger partial charge in [-0.15, -0.1) is 0 Å². The first kappa shape index (κ1) is 49.5. The molecule has 0 spiro atoms. The molecule has 18 rings (SSSR count). The zero-order chi connectivity index (χ0) is 57.6. The summed E-state index contributed by atoms with van der Waals surface area (Å²) in [6.45, 7) is 6.92. The molecule has 1 aliphatic carbocycles. The van der Waals surface area contributed by atoms with E-state index in [9.17, 15) is 0 Å². The number of aryl methyl sites for hydroxylation is 1. The molecule has 0 bridgehead atoms. The van der Waals surface area contributed by atoms with Gasteiger partial charge in [-0.05, 0) is 174 Å². The summed E-state index contributed by atoms with van der Waals surface area (Å²) in [4.78, 5) is 11.7. The van der Waals surface area contributed by atoms with E-state index in [1.807, 2.05) is 24.8 Å². The molecule has 8 heteroatoms. The minimum Gasteiger partial charge on any atom is -0.333 e. The first-order valence-electron chi connectivity index (χ1n) is 30.4. The molecule has 2 aliphatic rings. The van der Waals surface area contributed by atoms with Crippen molar-refractivity contribution >= 4 is 104 Å². The van der Waals surface area contributed by atoms with E-state index in [4.69, 9.17) is 0 Å². The number of benzene rings is 9. The number of hydrogen-bond donors (Lipinski definition) is 0. The minimum absolute atomic E-state index is 0.0360. The van der Waals surface area contributed by atoms with Crippen molar-refractivity contribution in [1.29, 1.82) is 0 Å². The Morgan fingerprint density at radius 3 is 1.53 bits per heavy atom. The topological polar surface area (TPSA) is 53.7 Å². The highest BCUT2D eigenvalue weighted by atomic mass is 15.2. The molecule has 8 nitrogen and oxygen atoms in total. The summed E-state index contributed by atoms with van der Waals surface area (Å²) in [5, 5.41) is 9.67. The average molecular weight is 1120 g/mol. The number of hydrogen-bond acceptors (Lipinski definition) is 3. The Morgan fingerprint density at radius 2 is 0.931 bits per heavy atom. The van der Waals surface area contributed by atoms with Crippen molar-refractivity contribution in [3.63, 3.8) is 0 Å². The molecule has 87 heavy (non-hydrogen) atoms. The second kappa shape index (κ2) is 19.0. The van der Waals surface area contributed by atoms with E-state index in [2.05, 4.69) is 295 Å². The molecule has 2 unspecified atom stereocenters. The van der Waals surface area contributed by atoms with Crippen LogP contribution in [0, 0.1) is 12.8 Å². The van der Waals surface area contributed by atoms with Crippen LogP contribution in [0.25, 0.3) is 132 Å². The SMILES string of the molecule is CCCc1ccc2c(c1)c1cc(-n3c4ccccc4c4ccccc43)ccc1n2-c1cc(-c2cc(-n3ccc4cnccc43)c(C)c(-n3ccc4cnccc43)c2)cc(N2c3ccc(-n4c5ccccc5c5ccccc54)cc3C3=CC=CC(C)C32)c1. The van der Waals surface area contributed by atoms with Gasteiger partial charge in [0.25, 0.3) is 0 Å². The third kappa shape index (κ3) is 7.37. The van der Waals surface area contributed by atoms with E-state index < -0.39 is 0 Å². The molecule has 1 aliphatic heterocycles. The highest BCUT2D eigenvalue weighted by Gasteiger charge is 2.39. The Morgan fingerprint density at radius 1 is 0.425 bits per heavy atom. The van der Waals surface area contributed by atoms with Crippen LogP contribution in [-0.4, -0.2) is 38.8 Å². The fourth-order valence-electron chi connectivity index (χ4n) is 15.1. The number of pyridine rings is 2. The van der Waals surface area contributed by atoms with Crippen LogP contribution < -0.4 is 4.90 Å². The average Bonchev–Trinajstić information content (AvgIpc) is 2.07. The molecule has 0 saturated carbocycles. The summed E-state index contributed by atoms with van der Waals surface area (Å²) in [6.07, 6.45) is 21.2. The maximum absolute atomic E-state index is 4.53. The Hall–Kier alpha value is -11.0. The molecular formula is C79H58N8. The van der Waals surface area contributed by atoms with Crippen LogP contribution in [-0.2, 0) is 6.42 Å². The van der Waals surface area contributed by atoms with Crippen molar-refractivity contribution < 1.29 is 0 Å². The lowest BCUT2D eigenvalue weighted by atomic mass is 9.88. The summed E-state index contributed by atoms with van der Waals surface area (Å²) in [5.41, 5.74) is 24.6. The molecule has 0 amide bonds. The van der Waals surface area contributed by atoms with Gasteiger partial charge in [0, 0.05) is 114 Å². The molecule has 414 valence electrons. The Kier molecular flexibility index (Phi) is 10.8. The molecule has 8 heterocycles. The van der Waals surface area contributed by atoms with Crippen molar-refractivity contribution in [3.8, 4) is 39.6 Å². The number of aromatic nitrogens is 7. The normalized spacial score (nSPS) is 14.9. The maximum Gasteiger partial charge on any atom is 0.0658 e. The number of anilines is 2. The van der Waals surface area contributed by atoms with Gasteiger partial charge in [0.15, 0.2) is 0 Å². The molecular weight excluding hydrogens is 1060 g/mol. The van der Waals surface area contributed by atoms with Crippen molar-refractivity contribution in [2.75, 3.05) is 4.90 Å². The number of allylic oxidation sites excluding steroid dienone is 2. The number of nitrogens with zero attached hydrogens (tertiary/aromatic N) is 8. The summed E-state index contributed by atoms with van der Waals surface area (Å²) in [7, 11) is 0. The zero-order valence-corrected chi connectivity index (χ0v) is 48.5. The number of fused-ring (bicyclic) bond motifs is 14. The van der Waals surface area contributed by atoms with E-state index in [-0.39, 0.29) is 12.0 Å². The van der Waals surface area contributed by atoms with Gasteiger partial charge < -0.3 is 27.7 Å². The van der Waals surface area contributed by atoms with Crippen LogP contribution in [0.3, 0.4) is 0 Å². The summed E-state index contributed by atoms with van der Waals surface area (Å²) in [6, 6.07) is 77.6. The van der Waals surface area contributed by atoms with Gasteiger partial charge >= 0.3 is 0 Å². The maximum atomic E-state index is 4.53. The monoisotopic (exact) mass is 1120 g/mol. The van der Waals surface area contributed by atoms with Gasteiger partial charge in [0.05, 0.1) is 61.6 Å². The third-order valence-electron chi connectivity index (χ3n) is 19.0. The Labute approximate surface area is 502 Å². The lowest BCUT2D eigenvalue weighted by Crippen LogP contribution is -2.33. The lowest BCUT2D eigenvalue weighted by Gasteiger charge is -2.33. The van der Waals surface area contributed by atoms with Crippen LogP contribution in [0.15, 0.2) is 262 Å². The molecule has 0 radical (unpaired) electrons. The second-order valence-electron chi connectivity index (χ2n) is 23.9. The largest absolute Gasteiger partial charge is 0.333 e. The van der Waals surface area contributed by atoms with Crippen LogP contribution in [0.1, 0.15) is 37.0 Å². The van der Waals surface area contributed by atoms with Crippen LogP contribution >= 0.6 is 0 Å². The van der Waals surface area contributed by atoms with Crippen LogP contribution in [0.5, 0.6) is 0 Å². The van der Waals surface area contributed by atoms with Gasteiger partial charge in [-0.3, -0.25) is 9.97 Å². The number of rotatable bonds is 9. The lowest BCUT2D eigenvalue weighted by molar-refractivity contribution is 0.637. The van der Waals surface area contributed by atoms with E-state index in [0.29, 0.717) is 0 Å². The van der Waals surface area contributed by atoms with Gasteiger partial charge in [-0.25, -0.2) is 0 Å².